The molecule has 0 aromatic heterocycles. The smallest absolute Gasteiger partial charge is 0.295 e. The molecule has 1 atom stereocenters. The maximum absolute atomic E-state index is 12.9. The number of hydrogen-bond donors (Lipinski definition) is 1. The van der Waals surface area contributed by atoms with Crippen LogP contribution < -0.4 is 0 Å². The van der Waals surface area contributed by atoms with Crippen LogP contribution in [0.15, 0.2) is 48.0 Å². The van der Waals surface area contributed by atoms with Gasteiger partial charge in [0, 0.05) is 12.1 Å². The molecule has 0 spiro atoms. The number of carbonyl (C=O) groups excluding carboxylic acids is 2. The van der Waals surface area contributed by atoms with Gasteiger partial charge in [-0.2, -0.15) is 0 Å². The lowest BCUT2D eigenvalue weighted by atomic mass is 9.93. The molecular weight excluding hydrogens is 350 g/mol. The van der Waals surface area contributed by atoms with Crippen molar-refractivity contribution in [1.29, 1.82) is 0 Å². The molecule has 0 bridgehead atoms. The van der Waals surface area contributed by atoms with Gasteiger partial charge in [0.05, 0.1) is 11.6 Å². The van der Waals surface area contributed by atoms with E-state index in [1.165, 1.54) is 5.56 Å². The molecule has 1 aliphatic rings. The number of benzene rings is 2. The zero-order valence-electron chi connectivity index (χ0n) is 17.0. The van der Waals surface area contributed by atoms with Gasteiger partial charge in [-0.3, -0.25) is 9.59 Å². The molecule has 1 unspecified atom stereocenters. The molecule has 2 aromatic rings. The van der Waals surface area contributed by atoms with Crippen molar-refractivity contribution in [3.8, 4) is 0 Å². The summed E-state index contributed by atoms with van der Waals surface area (Å²) in [6, 6.07) is 12.9. The Labute approximate surface area is 166 Å². The minimum atomic E-state index is -0.617. The van der Waals surface area contributed by atoms with Crippen LogP contribution in [0.5, 0.6) is 0 Å². The van der Waals surface area contributed by atoms with Crippen LogP contribution in [0.2, 0.25) is 0 Å². The molecule has 4 heteroatoms. The van der Waals surface area contributed by atoms with E-state index in [1.807, 2.05) is 57.2 Å². The summed E-state index contributed by atoms with van der Waals surface area (Å²) in [5, 5.41) is 11.0. The van der Waals surface area contributed by atoms with E-state index in [0.29, 0.717) is 12.1 Å². The Balaban J connectivity index is 2.17. The van der Waals surface area contributed by atoms with Crippen LogP contribution in [0.4, 0.5) is 0 Å². The van der Waals surface area contributed by atoms with Crippen molar-refractivity contribution < 1.29 is 14.7 Å². The standard InChI is InChI=1S/C24H27NO3/c1-5-13-25-21(18-11-8-17(6-2)9-12-18)20(23(27)24(25)28)22(26)19-10-7-15(3)16(4)14-19/h7-12,14,21,26H,5-6,13H2,1-4H3/b22-20-. The minimum Gasteiger partial charge on any atom is -0.507 e. The average Bonchev–Trinajstić information content (AvgIpc) is 2.95. The first kappa shape index (κ1) is 19.9. The zero-order valence-corrected chi connectivity index (χ0v) is 17.0. The van der Waals surface area contributed by atoms with E-state index < -0.39 is 17.7 Å². The van der Waals surface area contributed by atoms with E-state index in [-0.39, 0.29) is 11.3 Å². The SMILES string of the molecule is CCCN1C(=O)C(=O)/C(=C(\O)c2ccc(C)c(C)c2)C1c1ccc(CC)cc1. The summed E-state index contributed by atoms with van der Waals surface area (Å²) >= 11 is 0. The number of aryl methyl sites for hydroxylation is 3. The number of carbonyl (C=O) groups is 2. The summed E-state index contributed by atoms with van der Waals surface area (Å²) < 4.78 is 0. The number of ketones is 1. The largest absolute Gasteiger partial charge is 0.507 e. The van der Waals surface area contributed by atoms with Crippen molar-refractivity contribution in [2.75, 3.05) is 6.54 Å². The van der Waals surface area contributed by atoms with E-state index in [1.54, 1.807) is 11.0 Å². The maximum Gasteiger partial charge on any atom is 0.295 e. The Morgan fingerprint density at radius 1 is 1.00 bits per heavy atom. The van der Waals surface area contributed by atoms with Crippen molar-refractivity contribution in [1.82, 2.24) is 4.90 Å². The quantitative estimate of drug-likeness (QED) is 0.467. The highest BCUT2D eigenvalue weighted by molar-refractivity contribution is 6.46. The molecule has 0 radical (unpaired) electrons. The van der Waals surface area contributed by atoms with E-state index in [2.05, 4.69) is 6.92 Å². The highest BCUT2D eigenvalue weighted by Crippen LogP contribution is 2.39. The van der Waals surface area contributed by atoms with Crippen molar-refractivity contribution in [2.24, 2.45) is 0 Å². The van der Waals surface area contributed by atoms with Gasteiger partial charge in [0.1, 0.15) is 5.76 Å². The number of amides is 1. The summed E-state index contributed by atoms with van der Waals surface area (Å²) in [7, 11) is 0. The fourth-order valence-corrected chi connectivity index (χ4v) is 3.68. The van der Waals surface area contributed by atoms with Gasteiger partial charge in [-0.1, -0.05) is 50.2 Å². The third-order valence-corrected chi connectivity index (χ3v) is 5.49. The Hall–Kier alpha value is -2.88. The lowest BCUT2D eigenvalue weighted by Crippen LogP contribution is -2.30. The molecule has 1 saturated heterocycles. The molecule has 1 aliphatic heterocycles. The second-order valence-electron chi connectivity index (χ2n) is 7.39. The summed E-state index contributed by atoms with van der Waals surface area (Å²) in [5.74, 6) is -1.27. The molecule has 1 N–H and O–H groups in total. The highest BCUT2D eigenvalue weighted by Gasteiger charge is 2.45. The third-order valence-electron chi connectivity index (χ3n) is 5.49. The summed E-state index contributed by atoms with van der Waals surface area (Å²) in [5.41, 5.74) is 4.89. The van der Waals surface area contributed by atoms with Gasteiger partial charge in [-0.15, -0.1) is 0 Å². The number of aliphatic hydroxyl groups is 1. The van der Waals surface area contributed by atoms with Crippen LogP contribution in [0, 0.1) is 13.8 Å². The molecule has 2 aromatic carbocycles. The number of hydrogen-bond acceptors (Lipinski definition) is 3. The molecule has 0 saturated carbocycles. The van der Waals surface area contributed by atoms with Crippen molar-refractivity contribution in [3.05, 3.63) is 75.9 Å². The molecular formula is C24H27NO3. The minimum absolute atomic E-state index is 0.107. The van der Waals surface area contributed by atoms with Crippen LogP contribution >= 0.6 is 0 Å². The summed E-state index contributed by atoms with van der Waals surface area (Å²) in [6.45, 7) is 8.48. The molecule has 1 fully saturated rings. The van der Waals surface area contributed by atoms with E-state index in [4.69, 9.17) is 0 Å². The fraction of sp³-hybridized carbons (Fsp3) is 0.333. The predicted octanol–water partition coefficient (Wildman–Crippen LogP) is 4.70. The second kappa shape index (κ2) is 8.01. The number of nitrogens with zero attached hydrogens (tertiary/aromatic N) is 1. The fourth-order valence-electron chi connectivity index (χ4n) is 3.68. The lowest BCUT2D eigenvalue weighted by molar-refractivity contribution is -0.139. The second-order valence-corrected chi connectivity index (χ2v) is 7.39. The van der Waals surface area contributed by atoms with Crippen molar-refractivity contribution >= 4 is 17.4 Å². The first-order chi connectivity index (χ1) is 13.4. The normalized spacial score (nSPS) is 18.7. The number of aliphatic hydroxyl groups excluding tert-OH is 1. The first-order valence-electron chi connectivity index (χ1n) is 9.83. The highest BCUT2D eigenvalue weighted by atomic mass is 16.3. The van der Waals surface area contributed by atoms with Crippen molar-refractivity contribution in [2.45, 2.75) is 46.6 Å². The summed E-state index contributed by atoms with van der Waals surface area (Å²) in [4.78, 5) is 27.1. The predicted molar refractivity (Wildman–Crippen MR) is 111 cm³/mol. The number of rotatable bonds is 5. The Morgan fingerprint density at radius 2 is 1.68 bits per heavy atom. The first-order valence-corrected chi connectivity index (χ1v) is 9.83. The van der Waals surface area contributed by atoms with Crippen molar-refractivity contribution in [3.63, 3.8) is 0 Å². The number of likely N-dealkylation sites (tertiary alicyclic amines) is 1. The van der Waals surface area contributed by atoms with E-state index in [0.717, 1.165) is 29.5 Å². The van der Waals surface area contributed by atoms with Gasteiger partial charge in [0.2, 0.25) is 0 Å². The lowest BCUT2D eigenvalue weighted by Gasteiger charge is -2.25. The van der Waals surface area contributed by atoms with Crippen LogP contribution in [-0.4, -0.2) is 28.2 Å². The van der Waals surface area contributed by atoms with E-state index in [9.17, 15) is 14.7 Å². The van der Waals surface area contributed by atoms with Gasteiger partial charge < -0.3 is 10.0 Å². The average molecular weight is 377 g/mol. The molecule has 1 amide bonds. The molecule has 4 nitrogen and oxygen atoms in total. The molecule has 1 heterocycles. The number of Topliss-reactive ketones (excluding diaryl/α,β-unsaturated/α-hetero) is 1. The monoisotopic (exact) mass is 377 g/mol. The Kier molecular flexibility index (Phi) is 5.68. The molecule has 28 heavy (non-hydrogen) atoms. The van der Waals surface area contributed by atoms with Gasteiger partial charge >= 0.3 is 0 Å². The molecule has 146 valence electrons. The summed E-state index contributed by atoms with van der Waals surface area (Å²) in [6.07, 6.45) is 1.65. The Morgan fingerprint density at radius 3 is 2.25 bits per heavy atom. The van der Waals surface area contributed by atoms with E-state index >= 15 is 0 Å². The topological polar surface area (TPSA) is 57.6 Å². The van der Waals surface area contributed by atoms with Crippen LogP contribution in [0.3, 0.4) is 0 Å². The van der Waals surface area contributed by atoms with Gasteiger partial charge in [-0.05, 0) is 55.0 Å². The third kappa shape index (κ3) is 3.47. The van der Waals surface area contributed by atoms with Crippen LogP contribution in [-0.2, 0) is 16.0 Å². The van der Waals surface area contributed by atoms with Gasteiger partial charge in [0.25, 0.3) is 11.7 Å². The molecule has 3 rings (SSSR count). The maximum atomic E-state index is 12.9. The van der Waals surface area contributed by atoms with Gasteiger partial charge in [0.15, 0.2) is 0 Å². The molecule has 0 aliphatic carbocycles. The Bertz CT molecular complexity index is 941. The van der Waals surface area contributed by atoms with Crippen LogP contribution in [0.25, 0.3) is 5.76 Å². The van der Waals surface area contributed by atoms with Gasteiger partial charge in [-0.25, -0.2) is 0 Å². The zero-order chi connectivity index (χ0) is 20.4. The van der Waals surface area contributed by atoms with Crippen LogP contribution in [0.1, 0.15) is 54.1 Å².